The lowest BCUT2D eigenvalue weighted by molar-refractivity contribution is -0.145. The van der Waals surface area contributed by atoms with Crippen LogP contribution in [0.15, 0.2) is 0 Å². The van der Waals surface area contributed by atoms with Gasteiger partial charge in [0.15, 0.2) is 0 Å². The van der Waals surface area contributed by atoms with Crippen LogP contribution in [0.3, 0.4) is 0 Å². The molecule has 3 atom stereocenters. The van der Waals surface area contributed by atoms with Gasteiger partial charge in [-0.1, -0.05) is 0 Å². The van der Waals surface area contributed by atoms with Gasteiger partial charge in [-0.3, -0.25) is 4.79 Å². The van der Waals surface area contributed by atoms with Gasteiger partial charge in [-0.15, -0.1) is 0 Å². The molecule has 0 aromatic heterocycles. The highest BCUT2D eigenvalue weighted by Gasteiger charge is 2.31. The fourth-order valence-corrected chi connectivity index (χ4v) is 3.40. The predicted molar refractivity (Wildman–Crippen MR) is 72.9 cm³/mol. The van der Waals surface area contributed by atoms with Crippen LogP contribution in [0.4, 0.5) is 0 Å². The van der Waals surface area contributed by atoms with Gasteiger partial charge in [0.2, 0.25) is 0 Å². The third kappa shape index (κ3) is 4.14. The Kier molecular flexibility index (Phi) is 5.33. The zero-order valence-corrected chi connectivity index (χ0v) is 12.0. The van der Waals surface area contributed by atoms with Gasteiger partial charge in [0.1, 0.15) is 6.04 Å². The molecule has 4 nitrogen and oxygen atoms in total. The number of carbonyl (C=O) groups excluding carboxylic acids is 1. The van der Waals surface area contributed by atoms with Crippen LogP contribution >= 0.6 is 11.8 Å². The molecule has 1 aliphatic heterocycles. The molecule has 0 amide bonds. The molecule has 0 aromatic carbocycles. The van der Waals surface area contributed by atoms with Crippen molar-refractivity contribution >= 4 is 17.7 Å². The first-order valence-corrected chi connectivity index (χ1v) is 7.91. The molecule has 5 heteroatoms. The van der Waals surface area contributed by atoms with Crippen molar-refractivity contribution in [2.45, 2.75) is 56.5 Å². The molecule has 1 saturated carbocycles. The van der Waals surface area contributed by atoms with Crippen molar-refractivity contribution in [2.75, 3.05) is 19.0 Å². The van der Waals surface area contributed by atoms with Crippen molar-refractivity contribution < 1.29 is 14.3 Å². The van der Waals surface area contributed by atoms with Crippen LogP contribution in [0.5, 0.6) is 0 Å². The van der Waals surface area contributed by atoms with Crippen LogP contribution in [0.1, 0.15) is 33.1 Å². The normalized spacial score (nSPS) is 29.2. The van der Waals surface area contributed by atoms with E-state index in [0.29, 0.717) is 24.0 Å². The number of esters is 1. The highest BCUT2D eigenvalue weighted by molar-refractivity contribution is 8.00. The number of hydrogen-bond acceptors (Lipinski definition) is 5. The van der Waals surface area contributed by atoms with Gasteiger partial charge in [-0.2, -0.15) is 11.8 Å². The number of rotatable bonds is 7. The molecule has 0 spiro atoms. The summed E-state index contributed by atoms with van der Waals surface area (Å²) < 4.78 is 10.7. The quantitative estimate of drug-likeness (QED) is 0.714. The highest BCUT2D eigenvalue weighted by atomic mass is 32.2. The smallest absolute Gasteiger partial charge is 0.323 e. The molecule has 2 rings (SSSR count). The third-order valence-electron chi connectivity index (χ3n) is 3.37. The summed E-state index contributed by atoms with van der Waals surface area (Å²) in [5.41, 5.74) is 0. The number of thioether (sulfide) groups is 1. The third-order valence-corrected chi connectivity index (χ3v) is 4.94. The predicted octanol–water partition coefficient (Wildman–Crippen LogP) is 1.58. The summed E-state index contributed by atoms with van der Waals surface area (Å²) in [7, 11) is 0. The lowest BCUT2D eigenvalue weighted by Crippen LogP contribution is -2.42. The van der Waals surface area contributed by atoms with Crippen LogP contribution in [0, 0.1) is 0 Å². The maximum Gasteiger partial charge on any atom is 0.323 e. The minimum absolute atomic E-state index is 0.108. The summed E-state index contributed by atoms with van der Waals surface area (Å²) in [5, 5.41) is 3.89. The second kappa shape index (κ2) is 6.78. The van der Waals surface area contributed by atoms with Gasteiger partial charge >= 0.3 is 5.97 Å². The molecular formula is C13H23NO3S. The summed E-state index contributed by atoms with van der Waals surface area (Å²) in [6.45, 7) is 5.26. The van der Waals surface area contributed by atoms with Crippen LogP contribution in [0.2, 0.25) is 0 Å². The molecule has 104 valence electrons. The average Bonchev–Trinajstić information content (AvgIpc) is 3.07. The van der Waals surface area contributed by atoms with E-state index in [4.69, 9.17) is 9.47 Å². The van der Waals surface area contributed by atoms with Crippen molar-refractivity contribution in [2.24, 2.45) is 0 Å². The summed E-state index contributed by atoms with van der Waals surface area (Å²) in [6.07, 6.45) is 3.76. The Hall–Kier alpha value is -0.260. The Bertz CT molecular complexity index is 283. The Morgan fingerprint density at radius 3 is 2.83 bits per heavy atom. The van der Waals surface area contributed by atoms with Crippen LogP contribution < -0.4 is 5.32 Å². The van der Waals surface area contributed by atoms with E-state index in [9.17, 15) is 4.79 Å². The first-order valence-electron chi connectivity index (χ1n) is 6.86. The zero-order valence-electron chi connectivity index (χ0n) is 11.2. The molecule has 2 fully saturated rings. The van der Waals surface area contributed by atoms with Crippen LogP contribution in [-0.2, 0) is 14.3 Å². The first-order chi connectivity index (χ1) is 8.70. The van der Waals surface area contributed by atoms with E-state index in [1.165, 1.54) is 12.8 Å². The fraction of sp³-hybridized carbons (Fsp3) is 0.923. The number of carbonyl (C=O) groups is 1. The van der Waals surface area contributed by atoms with Gasteiger partial charge < -0.3 is 14.8 Å². The van der Waals surface area contributed by atoms with Gasteiger partial charge in [0.25, 0.3) is 0 Å². The fourth-order valence-electron chi connectivity index (χ4n) is 2.11. The van der Waals surface area contributed by atoms with E-state index in [1.54, 1.807) is 0 Å². The maximum atomic E-state index is 11.9. The molecular weight excluding hydrogens is 250 g/mol. The number of ether oxygens (including phenoxy) is 2. The van der Waals surface area contributed by atoms with E-state index in [0.717, 1.165) is 18.8 Å². The van der Waals surface area contributed by atoms with Gasteiger partial charge in [-0.05, 0) is 33.1 Å². The SMILES string of the molecule is CCOC(=O)C(CSC1CCOC1C)NC1CC1. The largest absolute Gasteiger partial charge is 0.465 e. The summed E-state index contributed by atoms with van der Waals surface area (Å²) >= 11 is 1.84. The van der Waals surface area contributed by atoms with E-state index in [2.05, 4.69) is 12.2 Å². The zero-order chi connectivity index (χ0) is 13.0. The molecule has 0 bridgehead atoms. The Morgan fingerprint density at radius 1 is 1.50 bits per heavy atom. The number of nitrogens with one attached hydrogen (secondary N) is 1. The first kappa shape index (κ1) is 14.2. The molecule has 0 radical (unpaired) electrons. The van der Waals surface area contributed by atoms with Crippen LogP contribution in [-0.4, -0.2) is 48.4 Å². The monoisotopic (exact) mass is 273 g/mol. The van der Waals surface area contributed by atoms with E-state index in [-0.39, 0.29) is 12.0 Å². The molecule has 1 N–H and O–H groups in total. The standard InChI is InChI=1S/C13H23NO3S/c1-3-16-13(15)11(14-10-4-5-10)8-18-12-6-7-17-9(12)2/h9-12,14H,3-8H2,1-2H3. The minimum atomic E-state index is -0.157. The summed E-state index contributed by atoms with van der Waals surface area (Å²) in [6, 6.07) is 0.368. The topological polar surface area (TPSA) is 47.6 Å². The Morgan fingerprint density at radius 2 is 2.28 bits per heavy atom. The molecule has 1 aliphatic carbocycles. The maximum absolute atomic E-state index is 11.9. The van der Waals surface area contributed by atoms with E-state index < -0.39 is 0 Å². The van der Waals surface area contributed by atoms with E-state index in [1.807, 2.05) is 18.7 Å². The van der Waals surface area contributed by atoms with Crippen molar-refractivity contribution in [3.05, 3.63) is 0 Å². The molecule has 1 heterocycles. The Balaban J connectivity index is 1.78. The average molecular weight is 273 g/mol. The highest BCUT2D eigenvalue weighted by Crippen LogP contribution is 2.28. The summed E-state index contributed by atoms with van der Waals surface area (Å²) in [4.78, 5) is 11.9. The van der Waals surface area contributed by atoms with Crippen molar-refractivity contribution in [1.29, 1.82) is 0 Å². The summed E-state index contributed by atoms with van der Waals surface area (Å²) in [5.74, 6) is 0.678. The van der Waals surface area contributed by atoms with Crippen LogP contribution in [0.25, 0.3) is 0 Å². The van der Waals surface area contributed by atoms with E-state index >= 15 is 0 Å². The van der Waals surface area contributed by atoms with Crippen molar-refractivity contribution in [3.63, 3.8) is 0 Å². The molecule has 0 aromatic rings. The molecule has 1 saturated heterocycles. The van der Waals surface area contributed by atoms with Crippen molar-refractivity contribution in [3.8, 4) is 0 Å². The number of hydrogen-bond donors (Lipinski definition) is 1. The second-order valence-electron chi connectivity index (χ2n) is 4.98. The molecule has 18 heavy (non-hydrogen) atoms. The lowest BCUT2D eigenvalue weighted by Gasteiger charge is -2.20. The lowest BCUT2D eigenvalue weighted by atomic mass is 10.3. The molecule has 3 unspecified atom stereocenters. The minimum Gasteiger partial charge on any atom is -0.465 e. The van der Waals surface area contributed by atoms with Crippen molar-refractivity contribution in [1.82, 2.24) is 5.32 Å². The van der Waals surface area contributed by atoms with Gasteiger partial charge in [-0.25, -0.2) is 0 Å². The van der Waals surface area contributed by atoms with Gasteiger partial charge in [0.05, 0.1) is 12.7 Å². The second-order valence-corrected chi connectivity index (χ2v) is 6.25. The molecule has 2 aliphatic rings. The van der Waals surface area contributed by atoms with Gasteiger partial charge in [0, 0.05) is 23.7 Å². The Labute approximate surface area is 113 Å².